The number of halogens is 3. The maximum absolute atomic E-state index is 13.6. The van der Waals surface area contributed by atoms with E-state index in [4.69, 9.17) is 0 Å². The summed E-state index contributed by atoms with van der Waals surface area (Å²) in [5.74, 6) is -1.38. The number of benzene rings is 1. The molecule has 2 aromatic rings. The summed E-state index contributed by atoms with van der Waals surface area (Å²) >= 11 is 0. The molecule has 0 aliphatic rings. The number of H-pyrrole nitrogens is 1. The molecule has 5 nitrogen and oxygen atoms in total. The van der Waals surface area contributed by atoms with Gasteiger partial charge in [-0.25, -0.2) is 18.2 Å². The zero-order chi connectivity index (χ0) is 17.1. The number of rotatable bonds is 4. The van der Waals surface area contributed by atoms with Crippen molar-refractivity contribution in [1.82, 2.24) is 15.3 Å². The predicted octanol–water partition coefficient (Wildman–Crippen LogP) is 2.65. The number of aromatic nitrogens is 2. The molecule has 23 heavy (non-hydrogen) atoms. The fraction of sp³-hybridized carbons (Fsp3) is 0.267. The highest BCUT2D eigenvalue weighted by atomic mass is 19.3. The van der Waals surface area contributed by atoms with Gasteiger partial charge in [-0.15, -0.1) is 0 Å². The molecule has 1 amide bonds. The van der Waals surface area contributed by atoms with Crippen molar-refractivity contribution >= 4 is 5.91 Å². The fourth-order valence-corrected chi connectivity index (χ4v) is 2.04. The molecule has 0 aliphatic carbocycles. The Morgan fingerprint density at radius 1 is 1.30 bits per heavy atom. The van der Waals surface area contributed by atoms with Gasteiger partial charge in [0.15, 0.2) is 0 Å². The van der Waals surface area contributed by atoms with Crippen LogP contribution in [0.2, 0.25) is 0 Å². The van der Waals surface area contributed by atoms with Crippen molar-refractivity contribution in [3.63, 3.8) is 0 Å². The second-order valence-electron chi connectivity index (χ2n) is 4.99. The van der Waals surface area contributed by atoms with Crippen LogP contribution >= 0.6 is 0 Å². The number of carbonyl (C=O) groups excluding carboxylic acids is 1. The van der Waals surface area contributed by atoms with E-state index in [9.17, 15) is 22.8 Å². The van der Waals surface area contributed by atoms with Gasteiger partial charge < -0.3 is 10.3 Å². The third-order valence-corrected chi connectivity index (χ3v) is 3.20. The van der Waals surface area contributed by atoms with Crippen LogP contribution in [0.3, 0.4) is 0 Å². The highest BCUT2D eigenvalue weighted by Gasteiger charge is 2.17. The summed E-state index contributed by atoms with van der Waals surface area (Å²) in [6.07, 6.45) is -2.91. The topological polar surface area (TPSA) is 74.8 Å². The Hall–Kier alpha value is -2.64. The van der Waals surface area contributed by atoms with E-state index in [1.807, 2.05) is 0 Å². The van der Waals surface area contributed by atoms with E-state index in [1.165, 1.54) is 13.0 Å². The molecule has 0 aliphatic heterocycles. The number of hydrogen-bond acceptors (Lipinski definition) is 3. The van der Waals surface area contributed by atoms with Crippen LogP contribution in [0.4, 0.5) is 13.2 Å². The van der Waals surface area contributed by atoms with E-state index in [1.54, 1.807) is 6.92 Å². The standard InChI is InChI=1S/C15H14F3N3O2/c1-7(9-3-4-10(14(17)18)11(16)5-9)19-15(23)12-6-13(22)21-8(2)20-12/h3-7,14H,1-2H3,(H,19,23)(H,20,21,22)/t7-/m1/s1. The number of aryl methyl sites for hydroxylation is 1. The first-order valence-corrected chi connectivity index (χ1v) is 6.74. The summed E-state index contributed by atoms with van der Waals surface area (Å²) in [6, 6.07) is 3.63. The van der Waals surface area contributed by atoms with Crippen molar-refractivity contribution in [2.24, 2.45) is 0 Å². The molecule has 1 aromatic heterocycles. The lowest BCUT2D eigenvalue weighted by molar-refractivity contribution is 0.0934. The summed E-state index contributed by atoms with van der Waals surface area (Å²) in [6.45, 7) is 3.09. The summed E-state index contributed by atoms with van der Waals surface area (Å²) < 4.78 is 38.6. The molecular weight excluding hydrogens is 311 g/mol. The van der Waals surface area contributed by atoms with Gasteiger partial charge in [0.25, 0.3) is 17.9 Å². The normalized spacial score (nSPS) is 12.3. The minimum atomic E-state index is -2.91. The van der Waals surface area contributed by atoms with Gasteiger partial charge in [-0.3, -0.25) is 9.59 Å². The Bertz CT molecular complexity index is 790. The number of alkyl halides is 2. The first kappa shape index (κ1) is 16.7. The Kier molecular flexibility index (Phi) is 4.83. The van der Waals surface area contributed by atoms with E-state index in [0.29, 0.717) is 5.56 Å². The van der Waals surface area contributed by atoms with Crippen molar-refractivity contribution in [1.29, 1.82) is 0 Å². The molecule has 2 rings (SSSR count). The number of carbonyl (C=O) groups is 1. The van der Waals surface area contributed by atoms with E-state index >= 15 is 0 Å². The summed E-state index contributed by atoms with van der Waals surface area (Å²) in [5, 5.41) is 2.53. The summed E-state index contributed by atoms with van der Waals surface area (Å²) in [5.41, 5.74) is -0.925. The molecule has 0 fully saturated rings. The Labute approximate surface area is 129 Å². The molecule has 0 saturated carbocycles. The number of amides is 1. The first-order chi connectivity index (χ1) is 10.8. The second kappa shape index (κ2) is 6.64. The maximum Gasteiger partial charge on any atom is 0.270 e. The molecule has 1 aromatic carbocycles. The van der Waals surface area contributed by atoms with E-state index in [0.717, 1.165) is 18.2 Å². The molecule has 122 valence electrons. The van der Waals surface area contributed by atoms with Gasteiger partial charge in [-0.1, -0.05) is 12.1 Å². The van der Waals surface area contributed by atoms with Crippen LogP contribution < -0.4 is 10.9 Å². The first-order valence-electron chi connectivity index (χ1n) is 6.74. The summed E-state index contributed by atoms with van der Waals surface area (Å²) in [7, 11) is 0. The highest BCUT2D eigenvalue weighted by molar-refractivity contribution is 5.92. The third-order valence-electron chi connectivity index (χ3n) is 3.20. The fourth-order valence-electron chi connectivity index (χ4n) is 2.04. The van der Waals surface area contributed by atoms with Crippen molar-refractivity contribution < 1.29 is 18.0 Å². The maximum atomic E-state index is 13.6. The summed E-state index contributed by atoms with van der Waals surface area (Å²) in [4.78, 5) is 29.7. The minimum absolute atomic E-state index is 0.0808. The largest absolute Gasteiger partial charge is 0.344 e. The third kappa shape index (κ3) is 3.97. The Morgan fingerprint density at radius 3 is 2.57 bits per heavy atom. The van der Waals surface area contributed by atoms with Crippen LogP contribution in [0.25, 0.3) is 0 Å². The Morgan fingerprint density at radius 2 is 2.00 bits per heavy atom. The molecule has 0 spiro atoms. The molecule has 8 heteroatoms. The van der Waals surface area contributed by atoms with Gasteiger partial charge >= 0.3 is 0 Å². The molecular formula is C15H14F3N3O2. The quantitative estimate of drug-likeness (QED) is 0.907. The Balaban J connectivity index is 2.18. The van der Waals surface area contributed by atoms with Crippen LogP contribution in [-0.4, -0.2) is 15.9 Å². The van der Waals surface area contributed by atoms with E-state index in [2.05, 4.69) is 15.3 Å². The minimum Gasteiger partial charge on any atom is -0.344 e. The van der Waals surface area contributed by atoms with Crippen LogP contribution in [0.15, 0.2) is 29.1 Å². The van der Waals surface area contributed by atoms with Gasteiger partial charge in [-0.05, 0) is 25.5 Å². The lowest BCUT2D eigenvalue weighted by Gasteiger charge is -2.15. The molecule has 0 saturated heterocycles. The predicted molar refractivity (Wildman–Crippen MR) is 76.8 cm³/mol. The van der Waals surface area contributed by atoms with Crippen LogP contribution in [0, 0.1) is 12.7 Å². The molecule has 2 N–H and O–H groups in total. The molecule has 0 bridgehead atoms. The zero-order valence-electron chi connectivity index (χ0n) is 12.4. The molecule has 0 unspecified atom stereocenters. The van der Waals surface area contributed by atoms with Crippen LogP contribution in [0.1, 0.15) is 46.8 Å². The zero-order valence-corrected chi connectivity index (χ0v) is 12.4. The molecule has 1 heterocycles. The van der Waals surface area contributed by atoms with Gasteiger partial charge in [0, 0.05) is 6.07 Å². The van der Waals surface area contributed by atoms with E-state index < -0.39 is 35.3 Å². The van der Waals surface area contributed by atoms with Crippen molar-refractivity contribution in [2.75, 3.05) is 0 Å². The van der Waals surface area contributed by atoms with Gasteiger partial charge in [0.2, 0.25) is 0 Å². The number of nitrogens with zero attached hydrogens (tertiary/aromatic N) is 1. The molecule has 1 atom stereocenters. The second-order valence-corrected chi connectivity index (χ2v) is 4.99. The SMILES string of the molecule is Cc1nc(C(=O)N[C@H](C)c2ccc(C(F)F)c(F)c2)cc(=O)[nH]1. The lowest BCUT2D eigenvalue weighted by Crippen LogP contribution is -2.29. The average molecular weight is 325 g/mol. The van der Waals surface area contributed by atoms with Gasteiger partial charge in [0.1, 0.15) is 17.3 Å². The van der Waals surface area contributed by atoms with Crippen molar-refractivity contribution in [3.8, 4) is 0 Å². The van der Waals surface area contributed by atoms with Crippen molar-refractivity contribution in [3.05, 3.63) is 63.1 Å². The van der Waals surface area contributed by atoms with Crippen LogP contribution in [0.5, 0.6) is 0 Å². The molecule has 0 radical (unpaired) electrons. The highest BCUT2D eigenvalue weighted by Crippen LogP contribution is 2.24. The van der Waals surface area contributed by atoms with Gasteiger partial charge in [0.05, 0.1) is 11.6 Å². The average Bonchev–Trinajstić information content (AvgIpc) is 2.45. The number of aromatic amines is 1. The smallest absolute Gasteiger partial charge is 0.270 e. The van der Waals surface area contributed by atoms with Crippen LogP contribution in [-0.2, 0) is 0 Å². The van der Waals surface area contributed by atoms with Gasteiger partial charge in [-0.2, -0.15) is 0 Å². The lowest BCUT2D eigenvalue weighted by atomic mass is 10.1. The number of nitrogens with one attached hydrogen (secondary N) is 2. The monoisotopic (exact) mass is 325 g/mol. The van der Waals surface area contributed by atoms with Crippen molar-refractivity contribution in [2.45, 2.75) is 26.3 Å². The van der Waals surface area contributed by atoms with E-state index in [-0.39, 0.29) is 11.5 Å². The number of hydrogen-bond donors (Lipinski definition) is 2.